The van der Waals surface area contributed by atoms with E-state index >= 15 is 0 Å². The van der Waals surface area contributed by atoms with Crippen LogP contribution in [0.15, 0.2) is 79.0 Å². The van der Waals surface area contributed by atoms with E-state index in [1.54, 1.807) is 43.6 Å². The third-order valence-electron chi connectivity index (χ3n) is 7.30. The molecule has 41 heavy (non-hydrogen) atoms. The van der Waals surface area contributed by atoms with Crippen LogP contribution in [0.2, 0.25) is 0 Å². The number of rotatable bonds is 9. The quantitative estimate of drug-likeness (QED) is 0.236. The molecule has 0 saturated carbocycles. The summed E-state index contributed by atoms with van der Waals surface area (Å²) in [4.78, 5) is 31.3. The Kier molecular flexibility index (Phi) is 8.02. The number of carboxylic acids is 1. The van der Waals surface area contributed by atoms with Crippen molar-refractivity contribution >= 4 is 34.9 Å². The highest BCUT2D eigenvalue weighted by molar-refractivity contribution is 7.80. The molecule has 210 valence electrons. The molecule has 5 rings (SSSR count). The van der Waals surface area contributed by atoms with Crippen LogP contribution in [-0.2, 0) is 4.79 Å². The van der Waals surface area contributed by atoms with Crippen LogP contribution in [0.5, 0.6) is 5.75 Å². The Morgan fingerprint density at radius 1 is 1.07 bits per heavy atom. The minimum Gasteiger partial charge on any atom is -0.495 e. The lowest BCUT2D eigenvalue weighted by Gasteiger charge is -2.28. The number of methoxy groups -OCH3 is 1. The lowest BCUT2D eigenvalue weighted by Crippen LogP contribution is -2.33. The van der Waals surface area contributed by atoms with E-state index in [9.17, 15) is 14.7 Å². The number of carbonyl (C=O) groups is 2. The number of para-hydroxylation sites is 2. The summed E-state index contributed by atoms with van der Waals surface area (Å²) < 4.78 is 7.41. The van der Waals surface area contributed by atoms with Crippen LogP contribution in [0.1, 0.15) is 51.5 Å². The number of aromatic nitrogens is 2. The van der Waals surface area contributed by atoms with Crippen molar-refractivity contribution in [3.8, 4) is 11.4 Å². The number of anilines is 1. The van der Waals surface area contributed by atoms with Gasteiger partial charge in [-0.1, -0.05) is 24.3 Å². The molecule has 1 aliphatic rings. The summed E-state index contributed by atoms with van der Waals surface area (Å²) in [7, 11) is 1.57. The lowest BCUT2D eigenvalue weighted by molar-refractivity contribution is -0.116. The van der Waals surface area contributed by atoms with Gasteiger partial charge in [-0.25, -0.2) is 4.79 Å². The van der Waals surface area contributed by atoms with E-state index in [2.05, 4.69) is 21.7 Å². The Hall–Kier alpha value is -4.70. The van der Waals surface area contributed by atoms with Crippen LogP contribution in [-0.4, -0.2) is 50.2 Å². The Morgan fingerprint density at radius 3 is 2.59 bits per heavy atom. The van der Waals surface area contributed by atoms with Gasteiger partial charge in [-0.05, 0) is 80.2 Å². The van der Waals surface area contributed by atoms with Crippen molar-refractivity contribution in [1.29, 1.82) is 0 Å². The first kappa shape index (κ1) is 27.9. The molecule has 2 atom stereocenters. The number of hydrogen-bond acceptors (Lipinski definition) is 5. The van der Waals surface area contributed by atoms with E-state index in [0.29, 0.717) is 23.1 Å². The summed E-state index contributed by atoms with van der Waals surface area (Å²) in [6.45, 7) is 4.38. The molecule has 1 saturated heterocycles. The summed E-state index contributed by atoms with van der Waals surface area (Å²) in [5.74, 6) is -0.548. The Bertz CT molecular complexity index is 1600. The van der Waals surface area contributed by atoms with E-state index in [0.717, 1.165) is 28.3 Å². The summed E-state index contributed by atoms with van der Waals surface area (Å²) in [6, 6.07) is 21.5. The van der Waals surface area contributed by atoms with Crippen molar-refractivity contribution in [3.05, 3.63) is 107 Å². The second-order valence-corrected chi connectivity index (χ2v) is 10.2. The standard InChI is InChI=1S/C31H31N5O4S/c1-19-17-23(20(2)36(19)22-10-8-9-21(18-22)30(38)39)29-28(25-12-6-7-15-32-25)34-31(41)35(29)16-14-27(37)33-24-11-4-5-13-26(24)40-3/h4-13,15,17-18,28-29H,14,16H2,1-3H3,(H,33,37)(H,34,41)(H,38,39)/t28-,29+/m0/s1. The topological polar surface area (TPSA) is 109 Å². The van der Waals surface area contributed by atoms with E-state index in [1.807, 2.05) is 59.7 Å². The number of ether oxygens (including phenoxy) is 1. The summed E-state index contributed by atoms with van der Waals surface area (Å²) in [5, 5.41) is 16.4. The second kappa shape index (κ2) is 11.8. The zero-order valence-corrected chi connectivity index (χ0v) is 23.8. The maximum absolute atomic E-state index is 13.0. The van der Waals surface area contributed by atoms with Gasteiger partial charge in [0, 0.05) is 36.2 Å². The minimum atomic E-state index is -0.979. The number of pyridine rings is 1. The lowest BCUT2D eigenvalue weighted by atomic mass is 9.96. The fourth-order valence-electron chi connectivity index (χ4n) is 5.43. The zero-order chi connectivity index (χ0) is 29.1. The zero-order valence-electron chi connectivity index (χ0n) is 23.0. The smallest absolute Gasteiger partial charge is 0.335 e. The van der Waals surface area contributed by atoms with Gasteiger partial charge in [0.25, 0.3) is 0 Å². The molecular weight excluding hydrogens is 538 g/mol. The molecule has 10 heteroatoms. The molecule has 0 radical (unpaired) electrons. The van der Waals surface area contributed by atoms with Gasteiger partial charge in [0.2, 0.25) is 5.91 Å². The van der Waals surface area contributed by atoms with Crippen LogP contribution in [0.3, 0.4) is 0 Å². The van der Waals surface area contributed by atoms with Gasteiger partial charge < -0.3 is 29.9 Å². The molecule has 0 unspecified atom stereocenters. The summed E-state index contributed by atoms with van der Waals surface area (Å²) in [5.41, 5.74) is 5.33. The molecule has 1 fully saturated rings. The molecule has 2 aromatic heterocycles. The highest BCUT2D eigenvalue weighted by Crippen LogP contribution is 2.41. The molecule has 3 N–H and O–H groups in total. The molecule has 3 heterocycles. The molecule has 4 aromatic rings. The number of thiocarbonyl (C=S) groups is 1. The Labute approximate surface area is 243 Å². The van der Waals surface area contributed by atoms with Gasteiger partial charge in [-0.3, -0.25) is 9.78 Å². The number of nitrogens with zero attached hydrogens (tertiary/aromatic N) is 3. The third-order valence-corrected chi connectivity index (χ3v) is 7.65. The number of aryl methyl sites for hydroxylation is 1. The first-order chi connectivity index (χ1) is 19.8. The predicted octanol–water partition coefficient (Wildman–Crippen LogP) is 5.20. The molecule has 9 nitrogen and oxygen atoms in total. The van der Waals surface area contributed by atoms with Crippen molar-refractivity contribution in [1.82, 2.24) is 19.8 Å². The fourth-order valence-corrected chi connectivity index (χ4v) is 5.76. The van der Waals surface area contributed by atoms with Gasteiger partial charge in [0.15, 0.2) is 5.11 Å². The van der Waals surface area contributed by atoms with Crippen LogP contribution < -0.4 is 15.4 Å². The number of hydrogen-bond donors (Lipinski definition) is 3. The highest BCUT2D eigenvalue weighted by Gasteiger charge is 2.41. The van der Waals surface area contributed by atoms with Crippen molar-refractivity contribution in [2.45, 2.75) is 32.4 Å². The van der Waals surface area contributed by atoms with E-state index < -0.39 is 5.97 Å². The first-order valence-electron chi connectivity index (χ1n) is 13.2. The second-order valence-electron chi connectivity index (χ2n) is 9.84. The predicted molar refractivity (Wildman–Crippen MR) is 161 cm³/mol. The SMILES string of the molecule is COc1ccccc1NC(=O)CCN1C(=S)N[C@@H](c2ccccn2)[C@H]1c1cc(C)n(-c2cccc(C(=O)O)c2)c1C. The van der Waals surface area contributed by atoms with Crippen molar-refractivity contribution in [3.63, 3.8) is 0 Å². The molecule has 1 amide bonds. The average molecular weight is 570 g/mol. The normalized spacial score (nSPS) is 16.4. The minimum absolute atomic E-state index is 0.159. The number of benzene rings is 2. The van der Waals surface area contributed by atoms with E-state index in [-0.39, 0.29) is 30.0 Å². The summed E-state index contributed by atoms with van der Waals surface area (Å²) >= 11 is 5.80. The maximum Gasteiger partial charge on any atom is 0.335 e. The monoisotopic (exact) mass is 569 g/mol. The Balaban J connectivity index is 1.48. The van der Waals surface area contributed by atoms with Crippen LogP contribution in [0.4, 0.5) is 5.69 Å². The van der Waals surface area contributed by atoms with Crippen molar-refractivity contribution < 1.29 is 19.4 Å². The Morgan fingerprint density at radius 2 is 1.85 bits per heavy atom. The molecule has 1 aliphatic heterocycles. The maximum atomic E-state index is 13.0. The van der Waals surface area contributed by atoms with Gasteiger partial charge >= 0.3 is 5.97 Å². The number of carboxylic acid groups (broad SMARTS) is 1. The van der Waals surface area contributed by atoms with E-state index in [1.165, 1.54) is 0 Å². The van der Waals surface area contributed by atoms with Gasteiger partial charge in [0.1, 0.15) is 5.75 Å². The van der Waals surface area contributed by atoms with Crippen molar-refractivity contribution in [2.75, 3.05) is 19.0 Å². The molecule has 2 aromatic carbocycles. The third kappa shape index (κ3) is 5.64. The molecule has 0 aliphatic carbocycles. The van der Waals surface area contributed by atoms with Crippen LogP contribution in [0.25, 0.3) is 5.69 Å². The number of nitrogens with one attached hydrogen (secondary N) is 2. The largest absolute Gasteiger partial charge is 0.495 e. The van der Waals surface area contributed by atoms with Crippen LogP contribution >= 0.6 is 12.2 Å². The molecule has 0 spiro atoms. The van der Waals surface area contributed by atoms with Crippen LogP contribution in [0, 0.1) is 13.8 Å². The highest BCUT2D eigenvalue weighted by atomic mass is 32.1. The first-order valence-corrected chi connectivity index (χ1v) is 13.6. The van der Waals surface area contributed by atoms with Gasteiger partial charge in [0.05, 0.1) is 36.1 Å². The van der Waals surface area contributed by atoms with Gasteiger partial charge in [-0.2, -0.15) is 0 Å². The fraction of sp³-hybridized carbons (Fsp3) is 0.226. The molecular formula is C31H31N5O4S. The van der Waals surface area contributed by atoms with E-state index in [4.69, 9.17) is 17.0 Å². The van der Waals surface area contributed by atoms with Crippen molar-refractivity contribution in [2.24, 2.45) is 0 Å². The number of aromatic carboxylic acids is 1. The molecule has 0 bridgehead atoms. The number of carbonyl (C=O) groups excluding carboxylic acids is 1. The number of amides is 1. The van der Waals surface area contributed by atoms with Gasteiger partial charge in [-0.15, -0.1) is 0 Å². The summed E-state index contributed by atoms with van der Waals surface area (Å²) in [6.07, 6.45) is 1.95. The average Bonchev–Trinajstić information content (AvgIpc) is 3.46.